The standard InChI is InChI=1S/C26H31N3O3/c1-18-7-10-23-21(15-18)22(26(30)27-11-14-29-12-5-4-6-13-29)17-24(28-23)20-9-8-19(31-2)16-25(20)32-3/h7-10,15-17H,4-6,11-14H2,1-3H3,(H,27,30). The molecule has 0 bridgehead atoms. The first-order valence-corrected chi connectivity index (χ1v) is 11.2. The molecule has 1 aromatic heterocycles. The highest BCUT2D eigenvalue weighted by molar-refractivity contribution is 6.07. The number of rotatable bonds is 7. The number of nitrogens with one attached hydrogen (secondary N) is 1. The molecule has 1 fully saturated rings. The molecule has 6 nitrogen and oxygen atoms in total. The van der Waals surface area contributed by atoms with Crippen molar-refractivity contribution >= 4 is 16.8 Å². The zero-order valence-corrected chi connectivity index (χ0v) is 19.1. The van der Waals surface area contributed by atoms with Crippen LogP contribution < -0.4 is 14.8 Å². The maximum atomic E-state index is 13.2. The summed E-state index contributed by atoms with van der Waals surface area (Å²) >= 11 is 0. The molecule has 4 rings (SSSR count). The van der Waals surface area contributed by atoms with E-state index >= 15 is 0 Å². The van der Waals surface area contributed by atoms with Crippen LogP contribution in [0, 0.1) is 6.92 Å². The number of hydrogen-bond acceptors (Lipinski definition) is 5. The quantitative estimate of drug-likeness (QED) is 0.597. The molecule has 1 N–H and O–H groups in total. The number of carbonyl (C=O) groups is 1. The normalized spacial score (nSPS) is 14.3. The summed E-state index contributed by atoms with van der Waals surface area (Å²) in [6.07, 6.45) is 3.80. The molecule has 1 amide bonds. The third-order valence-corrected chi connectivity index (χ3v) is 6.06. The fourth-order valence-electron chi connectivity index (χ4n) is 4.28. The Morgan fingerprint density at radius 1 is 1.03 bits per heavy atom. The van der Waals surface area contributed by atoms with Crippen molar-refractivity contribution in [2.45, 2.75) is 26.2 Å². The number of fused-ring (bicyclic) bond motifs is 1. The summed E-state index contributed by atoms with van der Waals surface area (Å²) in [4.78, 5) is 20.5. The fraction of sp³-hybridized carbons (Fsp3) is 0.385. The van der Waals surface area contributed by atoms with Gasteiger partial charge < -0.3 is 19.7 Å². The molecule has 2 heterocycles. The van der Waals surface area contributed by atoms with Crippen LogP contribution in [-0.2, 0) is 0 Å². The second kappa shape index (κ2) is 10.0. The molecule has 2 aromatic carbocycles. The third-order valence-electron chi connectivity index (χ3n) is 6.06. The average Bonchev–Trinajstić information content (AvgIpc) is 2.83. The monoisotopic (exact) mass is 433 g/mol. The Hall–Kier alpha value is -3.12. The Kier molecular flexibility index (Phi) is 6.90. The lowest BCUT2D eigenvalue weighted by molar-refractivity contribution is 0.0948. The van der Waals surface area contributed by atoms with E-state index in [-0.39, 0.29) is 5.91 Å². The topological polar surface area (TPSA) is 63.7 Å². The van der Waals surface area contributed by atoms with Crippen LogP contribution in [0.4, 0.5) is 0 Å². The highest BCUT2D eigenvalue weighted by Gasteiger charge is 2.17. The van der Waals surface area contributed by atoms with E-state index in [1.165, 1.54) is 19.3 Å². The number of hydrogen-bond donors (Lipinski definition) is 1. The Balaban J connectivity index is 1.66. The molecular weight excluding hydrogens is 402 g/mol. The number of methoxy groups -OCH3 is 2. The van der Waals surface area contributed by atoms with Crippen LogP contribution in [0.1, 0.15) is 35.2 Å². The van der Waals surface area contributed by atoms with E-state index in [0.717, 1.165) is 41.7 Å². The minimum Gasteiger partial charge on any atom is -0.497 e. The number of aromatic nitrogens is 1. The lowest BCUT2D eigenvalue weighted by Crippen LogP contribution is -2.37. The number of nitrogens with zero attached hydrogens (tertiary/aromatic N) is 2. The van der Waals surface area contributed by atoms with Gasteiger partial charge in [0.25, 0.3) is 5.91 Å². The molecule has 168 valence electrons. The highest BCUT2D eigenvalue weighted by Crippen LogP contribution is 2.34. The van der Waals surface area contributed by atoms with Crippen LogP contribution in [-0.4, -0.2) is 56.2 Å². The van der Waals surface area contributed by atoms with Crippen molar-refractivity contribution in [3.05, 3.63) is 53.6 Å². The van der Waals surface area contributed by atoms with Crippen molar-refractivity contribution in [3.63, 3.8) is 0 Å². The Bertz CT molecular complexity index is 1110. The molecule has 6 heteroatoms. The second-order valence-corrected chi connectivity index (χ2v) is 8.30. The first-order chi connectivity index (χ1) is 15.6. The third kappa shape index (κ3) is 4.86. The van der Waals surface area contributed by atoms with E-state index in [1.54, 1.807) is 14.2 Å². The van der Waals surface area contributed by atoms with Crippen LogP contribution in [0.25, 0.3) is 22.2 Å². The first kappa shape index (κ1) is 22.1. The zero-order valence-electron chi connectivity index (χ0n) is 19.1. The molecule has 0 radical (unpaired) electrons. The van der Waals surface area contributed by atoms with Crippen LogP contribution >= 0.6 is 0 Å². The van der Waals surface area contributed by atoms with Crippen molar-refractivity contribution in [1.29, 1.82) is 0 Å². The highest BCUT2D eigenvalue weighted by atomic mass is 16.5. The molecule has 0 atom stereocenters. The number of carbonyl (C=O) groups excluding carboxylic acids is 1. The summed E-state index contributed by atoms with van der Waals surface area (Å²) in [6.45, 7) is 5.78. The first-order valence-electron chi connectivity index (χ1n) is 11.2. The van der Waals surface area contributed by atoms with E-state index in [0.29, 0.717) is 29.3 Å². The van der Waals surface area contributed by atoms with Gasteiger partial charge in [-0.3, -0.25) is 4.79 Å². The number of piperidine rings is 1. The van der Waals surface area contributed by atoms with Gasteiger partial charge in [0.15, 0.2) is 0 Å². The smallest absolute Gasteiger partial charge is 0.252 e. The zero-order chi connectivity index (χ0) is 22.5. The second-order valence-electron chi connectivity index (χ2n) is 8.30. The molecule has 32 heavy (non-hydrogen) atoms. The molecule has 0 saturated carbocycles. The molecule has 1 saturated heterocycles. The van der Waals surface area contributed by atoms with Crippen molar-refractivity contribution in [2.24, 2.45) is 0 Å². The summed E-state index contributed by atoms with van der Waals surface area (Å²) in [5.74, 6) is 1.28. The van der Waals surface area contributed by atoms with Gasteiger partial charge in [-0.1, -0.05) is 18.1 Å². The Morgan fingerprint density at radius 3 is 2.59 bits per heavy atom. The predicted molar refractivity (Wildman–Crippen MR) is 128 cm³/mol. The fourth-order valence-corrected chi connectivity index (χ4v) is 4.28. The van der Waals surface area contributed by atoms with Gasteiger partial charge in [-0.15, -0.1) is 0 Å². The Labute approximate surface area is 189 Å². The molecular formula is C26H31N3O3. The molecule has 1 aliphatic rings. The number of amides is 1. The van der Waals surface area contributed by atoms with E-state index < -0.39 is 0 Å². The van der Waals surface area contributed by atoms with Crippen molar-refractivity contribution in [2.75, 3.05) is 40.4 Å². The van der Waals surface area contributed by atoms with E-state index in [9.17, 15) is 4.79 Å². The van der Waals surface area contributed by atoms with Gasteiger partial charge in [0.1, 0.15) is 11.5 Å². The van der Waals surface area contributed by atoms with Gasteiger partial charge in [-0.05, 0) is 63.2 Å². The minimum absolute atomic E-state index is 0.0752. The van der Waals surface area contributed by atoms with Gasteiger partial charge in [0.2, 0.25) is 0 Å². The predicted octanol–water partition coefficient (Wildman–Crippen LogP) is 4.44. The van der Waals surface area contributed by atoms with Gasteiger partial charge >= 0.3 is 0 Å². The van der Waals surface area contributed by atoms with Crippen molar-refractivity contribution in [3.8, 4) is 22.8 Å². The number of pyridine rings is 1. The molecule has 0 unspecified atom stereocenters. The van der Waals surface area contributed by atoms with Crippen molar-refractivity contribution < 1.29 is 14.3 Å². The SMILES string of the molecule is COc1ccc(-c2cc(C(=O)NCCN3CCCCC3)c3cc(C)ccc3n2)c(OC)c1. The minimum atomic E-state index is -0.0752. The van der Waals surface area contributed by atoms with Gasteiger partial charge in [-0.2, -0.15) is 0 Å². The van der Waals surface area contributed by atoms with Crippen LogP contribution in [0.2, 0.25) is 0 Å². The van der Waals surface area contributed by atoms with E-state index in [1.807, 2.05) is 49.4 Å². The molecule has 1 aliphatic heterocycles. The van der Waals surface area contributed by atoms with Crippen LogP contribution in [0.5, 0.6) is 11.5 Å². The van der Waals surface area contributed by atoms with Crippen LogP contribution in [0.15, 0.2) is 42.5 Å². The summed E-state index contributed by atoms with van der Waals surface area (Å²) in [5.41, 5.74) is 4.02. The maximum Gasteiger partial charge on any atom is 0.252 e. The lowest BCUT2D eigenvalue weighted by Gasteiger charge is -2.26. The van der Waals surface area contributed by atoms with Crippen LogP contribution in [0.3, 0.4) is 0 Å². The number of aryl methyl sites for hydroxylation is 1. The van der Waals surface area contributed by atoms with Gasteiger partial charge in [-0.25, -0.2) is 4.98 Å². The lowest BCUT2D eigenvalue weighted by atomic mass is 10.0. The molecule has 3 aromatic rings. The van der Waals surface area contributed by atoms with E-state index in [2.05, 4.69) is 10.2 Å². The summed E-state index contributed by atoms with van der Waals surface area (Å²) in [5, 5.41) is 3.98. The number of likely N-dealkylation sites (tertiary alicyclic amines) is 1. The van der Waals surface area contributed by atoms with Gasteiger partial charge in [0, 0.05) is 30.1 Å². The average molecular weight is 434 g/mol. The number of benzene rings is 2. The number of ether oxygens (including phenoxy) is 2. The summed E-state index contributed by atoms with van der Waals surface area (Å²) < 4.78 is 10.9. The maximum absolute atomic E-state index is 13.2. The summed E-state index contributed by atoms with van der Waals surface area (Å²) in [6, 6.07) is 13.5. The van der Waals surface area contributed by atoms with E-state index in [4.69, 9.17) is 14.5 Å². The Morgan fingerprint density at radius 2 is 1.84 bits per heavy atom. The van der Waals surface area contributed by atoms with Crippen molar-refractivity contribution in [1.82, 2.24) is 15.2 Å². The molecule has 0 aliphatic carbocycles. The van der Waals surface area contributed by atoms with Gasteiger partial charge in [0.05, 0.1) is 31.0 Å². The molecule has 0 spiro atoms. The summed E-state index contributed by atoms with van der Waals surface area (Å²) in [7, 11) is 3.24. The largest absolute Gasteiger partial charge is 0.497 e.